The van der Waals surface area contributed by atoms with E-state index in [4.69, 9.17) is 25.4 Å². The highest BCUT2D eigenvalue weighted by atomic mass is 16.5. The van der Waals surface area contributed by atoms with E-state index in [0.717, 1.165) is 49.0 Å². The molecule has 2 aromatic rings. The Morgan fingerprint density at radius 3 is 2.73 bits per heavy atom. The van der Waals surface area contributed by atoms with Crippen molar-refractivity contribution in [1.29, 1.82) is 10.7 Å². The number of rotatable bonds is 12. The molecule has 1 aliphatic rings. The lowest BCUT2D eigenvalue weighted by Gasteiger charge is -2.16. The summed E-state index contributed by atoms with van der Waals surface area (Å²) in [5.74, 6) is 1.56. The zero-order valence-corrected chi connectivity index (χ0v) is 22.1. The van der Waals surface area contributed by atoms with Crippen LogP contribution in [0.5, 0.6) is 0 Å². The second kappa shape index (κ2) is 15.4. The smallest absolute Gasteiger partial charge is 0.293 e. The molecule has 37 heavy (non-hydrogen) atoms. The monoisotopic (exact) mass is 501 g/mol. The van der Waals surface area contributed by atoms with Gasteiger partial charge in [-0.1, -0.05) is 62.6 Å². The molecule has 0 spiro atoms. The van der Waals surface area contributed by atoms with E-state index in [-0.39, 0.29) is 5.90 Å². The Balaban J connectivity index is 1.72. The summed E-state index contributed by atoms with van der Waals surface area (Å²) < 4.78 is 4.72. The first-order valence-electron chi connectivity index (χ1n) is 13.2. The summed E-state index contributed by atoms with van der Waals surface area (Å²) in [6.07, 6.45) is 8.98. The van der Waals surface area contributed by atoms with E-state index >= 15 is 0 Å². The number of benzene rings is 2. The van der Waals surface area contributed by atoms with E-state index in [9.17, 15) is 0 Å². The Morgan fingerprint density at radius 2 is 1.95 bits per heavy atom. The van der Waals surface area contributed by atoms with Gasteiger partial charge in [0.05, 0.1) is 0 Å². The van der Waals surface area contributed by atoms with Gasteiger partial charge in [-0.2, -0.15) is 0 Å². The molecule has 3 rings (SSSR count). The average molecular weight is 502 g/mol. The molecule has 0 saturated heterocycles. The van der Waals surface area contributed by atoms with Crippen molar-refractivity contribution >= 4 is 23.3 Å². The molecule has 1 heterocycles. The number of nitriles is 1. The van der Waals surface area contributed by atoms with Crippen LogP contribution < -0.4 is 10.6 Å². The molecule has 0 bridgehead atoms. The lowest BCUT2D eigenvalue weighted by atomic mass is 10.0. The maximum Gasteiger partial charge on any atom is 0.293 e. The van der Waals surface area contributed by atoms with Gasteiger partial charge in [0.2, 0.25) is 5.90 Å². The predicted octanol–water partition coefficient (Wildman–Crippen LogP) is 4.97. The van der Waals surface area contributed by atoms with E-state index in [0.29, 0.717) is 25.1 Å². The van der Waals surface area contributed by atoms with Gasteiger partial charge in [-0.15, -0.1) is 5.26 Å². The second-order valence-electron chi connectivity index (χ2n) is 9.34. The standard InChI is InChI=1S/C29H39N7O/c1-3-4-5-9-16-36(2)17-10-15-32-28-20-24-13-14-25(29(31)37-21-30)19-26(24)33-22-34-27(35-28)18-23-11-7-6-8-12-23/h6-8,11-14,19,31,33H,3-5,9-10,15-18,20,22H2,1-2H3,(H,32,34,35). The molecule has 196 valence electrons. The van der Waals surface area contributed by atoms with Crippen molar-refractivity contribution in [2.24, 2.45) is 9.98 Å². The first kappa shape index (κ1) is 27.9. The highest BCUT2D eigenvalue weighted by molar-refractivity contribution is 6.03. The molecule has 0 amide bonds. The van der Waals surface area contributed by atoms with Crippen LogP contribution in [-0.2, 0) is 17.6 Å². The summed E-state index contributed by atoms with van der Waals surface area (Å²) in [6, 6.07) is 15.9. The van der Waals surface area contributed by atoms with Gasteiger partial charge in [0.25, 0.3) is 6.26 Å². The molecule has 1 aliphatic heterocycles. The lowest BCUT2D eigenvalue weighted by molar-refractivity contribution is 0.322. The van der Waals surface area contributed by atoms with Crippen molar-refractivity contribution in [3.05, 3.63) is 65.2 Å². The quantitative estimate of drug-likeness (QED) is 0.165. The third-order valence-corrected chi connectivity index (χ3v) is 6.31. The summed E-state index contributed by atoms with van der Waals surface area (Å²) in [7, 11) is 2.19. The van der Waals surface area contributed by atoms with E-state index in [1.165, 1.54) is 31.2 Å². The molecule has 8 nitrogen and oxygen atoms in total. The number of hydrogen-bond donors (Lipinski definition) is 3. The lowest BCUT2D eigenvalue weighted by Crippen LogP contribution is -2.34. The molecular weight excluding hydrogens is 462 g/mol. The maximum atomic E-state index is 8.77. The minimum Gasteiger partial charge on any atom is -0.367 e. The van der Waals surface area contributed by atoms with Crippen molar-refractivity contribution < 1.29 is 4.74 Å². The SMILES string of the molecule is CCCCCCN(C)CCCN=C1Cc2ccc(C(=N)OC#N)cc2NCN=C(Cc2ccccc2)N1. The largest absolute Gasteiger partial charge is 0.367 e. The summed E-state index contributed by atoms with van der Waals surface area (Å²) >= 11 is 0. The normalized spacial score (nSPS) is 14.3. The van der Waals surface area contributed by atoms with Crippen LogP contribution in [0.1, 0.15) is 55.7 Å². The fraction of sp³-hybridized carbons (Fsp3) is 0.448. The van der Waals surface area contributed by atoms with Crippen LogP contribution >= 0.6 is 0 Å². The topological polar surface area (TPSA) is 109 Å². The van der Waals surface area contributed by atoms with Crippen LogP contribution in [-0.4, -0.2) is 55.8 Å². The highest BCUT2D eigenvalue weighted by Crippen LogP contribution is 2.20. The molecule has 0 unspecified atom stereocenters. The van der Waals surface area contributed by atoms with Gasteiger partial charge in [-0.05, 0) is 56.2 Å². The van der Waals surface area contributed by atoms with E-state index in [2.05, 4.69) is 41.6 Å². The van der Waals surface area contributed by atoms with Crippen molar-refractivity contribution in [2.75, 3.05) is 38.7 Å². The fourth-order valence-corrected chi connectivity index (χ4v) is 4.25. The third kappa shape index (κ3) is 9.70. The van der Waals surface area contributed by atoms with Crippen molar-refractivity contribution in [1.82, 2.24) is 10.2 Å². The highest BCUT2D eigenvalue weighted by Gasteiger charge is 2.14. The Labute approximate surface area is 221 Å². The van der Waals surface area contributed by atoms with E-state index in [1.54, 1.807) is 12.3 Å². The van der Waals surface area contributed by atoms with Crippen LogP contribution in [0.15, 0.2) is 58.5 Å². The van der Waals surface area contributed by atoms with Gasteiger partial charge in [-0.25, -0.2) is 0 Å². The number of unbranched alkanes of at least 4 members (excludes halogenated alkanes) is 3. The molecular formula is C29H39N7O. The zero-order chi connectivity index (χ0) is 26.3. The molecule has 0 aliphatic carbocycles. The van der Waals surface area contributed by atoms with Crippen molar-refractivity contribution in [3.63, 3.8) is 0 Å². The Morgan fingerprint density at radius 1 is 1.14 bits per heavy atom. The third-order valence-electron chi connectivity index (χ3n) is 6.31. The number of nitrogens with one attached hydrogen (secondary N) is 3. The molecule has 3 N–H and O–H groups in total. The Hall–Kier alpha value is -3.70. The predicted molar refractivity (Wildman–Crippen MR) is 151 cm³/mol. The number of nitrogens with zero attached hydrogens (tertiary/aromatic N) is 4. The molecule has 0 aromatic heterocycles. The van der Waals surface area contributed by atoms with Gasteiger partial charge >= 0.3 is 0 Å². The number of hydrogen-bond acceptors (Lipinski definition) is 7. The van der Waals surface area contributed by atoms with Crippen LogP contribution in [0.3, 0.4) is 0 Å². The number of anilines is 1. The summed E-state index contributed by atoms with van der Waals surface area (Å²) in [5.41, 5.74) is 3.62. The van der Waals surface area contributed by atoms with E-state index < -0.39 is 0 Å². The zero-order valence-electron chi connectivity index (χ0n) is 22.1. The van der Waals surface area contributed by atoms with Crippen LogP contribution in [0, 0.1) is 16.9 Å². The molecule has 0 atom stereocenters. The van der Waals surface area contributed by atoms with E-state index in [1.807, 2.05) is 30.3 Å². The fourth-order valence-electron chi connectivity index (χ4n) is 4.25. The van der Waals surface area contributed by atoms with Gasteiger partial charge in [0.1, 0.15) is 18.3 Å². The van der Waals surface area contributed by atoms with Gasteiger partial charge in [-0.3, -0.25) is 15.4 Å². The minimum absolute atomic E-state index is 0.175. The summed E-state index contributed by atoms with van der Waals surface area (Å²) in [4.78, 5) is 12.1. The summed E-state index contributed by atoms with van der Waals surface area (Å²) in [6.45, 7) is 5.52. The first-order valence-corrected chi connectivity index (χ1v) is 13.2. The molecule has 8 heteroatoms. The second-order valence-corrected chi connectivity index (χ2v) is 9.34. The minimum atomic E-state index is -0.175. The van der Waals surface area contributed by atoms with Crippen molar-refractivity contribution in [2.45, 2.75) is 51.9 Å². The van der Waals surface area contributed by atoms with Gasteiger partial charge in [0, 0.05) is 30.6 Å². The van der Waals surface area contributed by atoms with Gasteiger partial charge in [0.15, 0.2) is 0 Å². The summed E-state index contributed by atoms with van der Waals surface area (Å²) in [5, 5.41) is 23.6. The number of fused-ring (bicyclic) bond motifs is 1. The Bertz CT molecular complexity index is 1100. The molecule has 2 aromatic carbocycles. The average Bonchev–Trinajstić information content (AvgIpc) is 2.98. The Kier molecular flexibility index (Phi) is 11.6. The van der Waals surface area contributed by atoms with Gasteiger partial charge < -0.3 is 20.3 Å². The van der Waals surface area contributed by atoms with Crippen LogP contribution in [0.2, 0.25) is 0 Å². The molecule has 0 fully saturated rings. The number of ether oxygens (including phenoxy) is 1. The number of amidine groups is 2. The van der Waals surface area contributed by atoms with Crippen LogP contribution in [0.4, 0.5) is 5.69 Å². The number of aliphatic imine (C=N–C) groups is 2. The maximum absolute atomic E-state index is 8.77. The van der Waals surface area contributed by atoms with Crippen LogP contribution in [0.25, 0.3) is 0 Å². The van der Waals surface area contributed by atoms with Crippen molar-refractivity contribution in [3.8, 4) is 6.26 Å². The molecule has 0 saturated carbocycles. The first-order chi connectivity index (χ1) is 18.1. The molecule has 0 radical (unpaired) electrons.